The number of rotatable bonds is 6. The average Bonchev–Trinajstić information content (AvgIpc) is 2.65. The van der Waals surface area contributed by atoms with E-state index >= 15 is 0 Å². The predicted octanol–water partition coefficient (Wildman–Crippen LogP) is 3.42. The van der Waals surface area contributed by atoms with Crippen molar-refractivity contribution in [2.75, 3.05) is 6.54 Å². The lowest BCUT2D eigenvalue weighted by Crippen LogP contribution is -2.19. The summed E-state index contributed by atoms with van der Waals surface area (Å²) in [6.07, 6.45) is 3.42. The Bertz CT molecular complexity index is 610. The lowest BCUT2D eigenvalue weighted by atomic mass is 10.2. The molecule has 0 fully saturated rings. The number of aryl methyl sites for hydroxylation is 2. The lowest BCUT2D eigenvalue weighted by molar-refractivity contribution is 0.420. The highest BCUT2D eigenvalue weighted by Crippen LogP contribution is 2.28. The van der Waals surface area contributed by atoms with Gasteiger partial charge in [-0.1, -0.05) is 13.8 Å². The number of nitrogens with zero attached hydrogens (tertiary/aromatic N) is 3. The molecule has 2 aromatic rings. The predicted molar refractivity (Wildman–Crippen MR) is 86.5 cm³/mol. The van der Waals surface area contributed by atoms with Crippen LogP contribution in [0.2, 0.25) is 0 Å². The second-order valence-electron chi connectivity index (χ2n) is 5.46. The zero-order valence-corrected chi connectivity index (χ0v) is 14.4. The average molecular weight is 353 g/mol. The molecule has 21 heavy (non-hydrogen) atoms. The van der Waals surface area contributed by atoms with Crippen LogP contribution in [0.15, 0.2) is 22.9 Å². The minimum atomic E-state index is 0.612. The molecule has 2 heterocycles. The van der Waals surface area contributed by atoms with Crippen molar-refractivity contribution in [3.8, 4) is 11.6 Å². The van der Waals surface area contributed by atoms with Crippen molar-refractivity contribution < 1.29 is 4.74 Å². The maximum absolute atomic E-state index is 5.97. The molecule has 2 rings (SSSR count). The highest BCUT2D eigenvalue weighted by Gasteiger charge is 2.15. The molecule has 0 aliphatic rings. The van der Waals surface area contributed by atoms with Crippen molar-refractivity contribution in [1.29, 1.82) is 0 Å². The van der Waals surface area contributed by atoms with E-state index in [-0.39, 0.29) is 0 Å². The molecule has 0 amide bonds. The van der Waals surface area contributed by atoms with Gasteiger partial charge in [-0.05, 0) is 41.4 Å². The molecule has 6 heteroatoms. The van der Waals surface area contributed by atoms with Gasteiger partial charge in [0.15, 0.2) is 0 Å². The van der Waals surface area contributed by atoms with Crippen molar-refractivity contribution in [3.05, 3.63) is 34.2 Å². The fourth-order valence-corrected chi connectivity index (χ4v) is 2.40. The largest absolute Gasteiger partial charge is 0.437 e. The van der Waals surface area contributed by atoms with Crippen LogP contribution in [0.5, 0.6) is 11.6 Å². The molecular formula is C15H21BrN4O. The van der Waals surface area contributed by atoms with Gasteiger partial charge < -0.3 is 10.1 Å². The Morgan fingerprint density at radius 3 is 2.81 bits per heavy atom. The van der Waals surface area contributed by atoms with Gasteiger partial charge in [0.05, 0.1) is 17.5 Å². The summed E-state index contributed by atoms with van der Waals surface area (Å²) in [5.74, 6) is 2.06. The van der Waals surface area contributed by atoms with Crippen LogP contribution in [-0.4, -0.2) is 21.3 Å². The number of halogens is 1. The minimum Gasteiger partial charge on any atom is -0.437 e. The SMILES string of the molecule is Cc1nn(C)c(Oc2cncc(Br)c2)c1CNCC(C)C. The second kappa shape index (κ2) is 7.04. The minimum absolute atomic E-state index is 0.612. The Labute approximate surface area is 133 Å². The van der Waals surface area contributed by atoms with Crippen molar-refractivity contribution in [3.63, 3.8) is 0 Å². The van der Waals surface area contributed by atoms with Gasteiger partial charge in [-0.2, -0.15) is 5.10 Å². The fourth-order valence-electron chi connectivity index (χ4n) is 2.06. The summed E-state index contributed by atoms with van der Waals surface area (Å²) < 4.78 is 8.62. The molecule has 114 valence electrons. The first kappa shape index (κ1) is 16.0. The summed E-state index contributed by atoms with van der Waals surface area (Å²) in [5.41, 5.74) is 2.06. The lowest BCUT2D eigenvalue weighted by Gasteiger charge is -2.11. The molecule has 0 radical (unpaired) electrons. The van der Waals surface area contributed by atoms with Crippen LogP contribution in [0, 0.1) is 12.8 Å². The van der Waals surface area contributed by atoms with Crippen molar-refractivity contribution in [2.24, 2.45) is 13.0 Å². The van der Waals surface area contributed by atoms with E-state index in [9.17, 15) is 0 Å². The first-order valence-electron chi connectivity index (χ1n) is 6.99. The van der Waals surface area contributed by atoms with Crippen LogP contribution < -0.4 is 10.1 Å². The molecule has 0 aliphatic carbocycles. The number of pyridine rings is 1. The van der Waals surface area contributed by atoms with E-state index in [1.807, 2.05) is 20.0 Å². The van der Waals surface area contributed by atoms with Gasteiger partial charge in [0, 0.05) is 24.3 Å². The standard InChI is InChI=1S/C15H21BrN4O/c1-10(2)6-17-9-14-11(3)19-20(4)15(14)21-13-5-12(16)7-18-8-13/h5,7-8,10,17H,6,9H2,1-4H3. The van der Waals surface area contributed by atoms with E-state index in [1.165, 1.54) is 0 Å². The van der Waals surface area contributed by atoms with Crippen LogP contribution in [-0.2, 0) is 13.6 Å². The highest BCUT2D eigenvalue weighted by molar-refractivity contribution is 9.10. The second-order valence-corrected chi connectivity index (χ2v) is 6.37. The Morgan fingerprint density at radius 2 is 2.14 bits per heavy atom. The zero-order valence-electron chi connectivity index (χ0n) is 12.9. The van der Waals surface area contributed by atoms with Gasteiger partial charge in [-0.15, -0.1) is 0 Å². The monoisotopic (exact) mass is 352 g/mol. The molecule has 0 atom stereocenters. The fraction of sp³-hybridized carbons (Fsp3) is 0.467. The number of hydrogen-bond acceptors (Lipinski definition) is 4. The third kappa shape index (κ3) is 4.28. The summed E-state index contributed by atoms with van der Waals surface area (Å²) in [6, 6.07) is 1.89. The van der Waals surface area contributed by atoms with Gasteiger partial charge in [0.2, 0.25) is 5.88 Å². The van der Waals surface area contributed by atoms with Crippen LogP contribution in [0.25, 0.3) is 0 Å². The molecule has 5 nitrogen and oxygen atoms in total. The van der Waals surface area contributed by atoms with E-state index in [2.05, 4.69) is 45.2 Å². The van der Waals surface area contributed by atoms with Crippen LogP contribution in [0.1, 0.15) is 25.1 Å². The number of ether oxygens (including phenoxy) is 1. The van der Waals surface area contributed by atoms with Gasteiger partial charge in [0.25, 0.3) is 0 Å². The summed E-state index contributed by atoms with van der Waals surface area (Å²) >= 11 is 3.40. The first-order chi connectivity index (χ1) is 9.97. The molecule has 0 aromatic carbocycles. The Balaban J connectivity index is 2.18. The Hall–Kier alpha value is -1.40. The maximum atomic E-state index is 5.97. The number of aromatic nitrogens is 3. The van der Waals surface area contributed by atoms with E-state index in [0.717, 1.165) is 34.7 Å². The molecule has 1 N–H and O–H groups in total. The zero-order chi connectivity index (χ0) is 15.4. The third-order valence-corrected chi connectivity index (χ3v) is 3.47. The smallest absolute Gasteiger partial charge is 0.222 e. The van der Waals surface area contributed by atoms with Crippen LogP contribution in [0.4, 0.5) is 0 Å². The molecule has 0 saturated carbocycles. The molecule has 0 saturated heterocycles. The van der Waals surface area contributed by atoms with Gasteiger partial charge in [0.1, 0.15) is 5.75 Å². The van der Waals surface area contributed by atoms with E-state index in [0.29, 0.717) is 11.7 Å². The van der Waals surface area contributed by atoms with Crippen LogP contribution >= 0.6 is 15.9 Å². The van der Waals surface area contributed by atoms with E-state index < -0.39 is 0 Å². The third-order valence-electron chi connectivity index (χ3n) is 3.04. The topological polar surface area (TPSA) is 52.0 Å². The van der Waals surface area contributed by atoms with Crippen LogP contribution in [0.3, 0.4) is 0 Å². The molecule has 0 spiro atoms. The van der Waals surface area contributed by atoms with Crippen molar-refractivity contribution in [2.45, 2.75) is 27.3 Å². The summed E-state index contributed by atoms with van der Waals surface area (Å²) in [6.45, 7) is 8.08. The van der Waals surface area contributed by atoms with Crippen molar-refractivity contribution >= 4 is 15.9 Å². The maximum Gasteiger partial charge on any atom is 0.222 e. The van der Waals surface area contributed by atoms with Gasteiger partial charge >= 0.3 is 0 Å². The molecule has 0 bridgehead atoms. The molecule has 0 aliphatic heterocycles. The summed E-state index contributed by atoms with van der Waals surface area (Å²) in [4.78, 5) is 4.11. The van der Waals surface area contributed by atoms with E-state index in [1.54, 1.807) is 17.1 Å². The molecule has 2 aromatic heterocycles. The summed E-state index contributed by atoms with van der Waals surface area (Å²) in [7, 11) is 1.89. The Morgan fingerprint density at radius 1 is 1.38 bits per heavy atom. The Kier molecular flexibility index (Phi) is 5.36. The molecular weight excluding hydrogens is 332 g/mol. The molecule has 0 unspecified atom stereocenters. The first-order valence-corrected chi connectivity index (χ1v) is 7.78. The highest BCUT2D eigenvalue weighted by atomic mass is 79.9. The number of hydrogen-bond donors (Lipinski definition) is 1. The quantitative estimate of drug-likeness (QED) is 0.865. The van der Waals surface area contributed by atoms with E-state index in [4.69, 9.17) is 4.74 Å². The number of nitrogens with one attached hydrogen (secondary N) is 1. The van der Waals surface area contributed by atoms with Gasteiger partial charge in [-0.25, -0.2) is 4.68 Å². The normalized spacial score (nSPS) is 11.1. The van der Waals surface area contributed by atoms with Crippen molar-refractivity contribution in [1.82, 2.24) is 20.1 Å². The van der Waals surface area contributed by atoms with Gasteiger partial charge in [-0.3, -0.25) is 4.98 Å². The summed E-state index contributed by atoms with van der Waals surface area (Å²) in [5, 5.41) is 7.88.